The lowest BCUT2D eigenvalue weighted by Gasteiger charge is -2.39. The minimum atomic E-state index is -0.867. The number of carbonyl (C=O) groups excluding carboxylic acids is 1. The maximum atomic E-state index is 13.5. The first-order chi connectivity index (χ1) is 10.5. The van der Waals surface area contributed by atoms with Gasteiger partial charge in [0.15, 0.2) is 0 Å². The van der Waals surface area contributed by atoms with Crippen LogP contribution in [0.5, 0.6) is 0 Å². The fraction of sp³-hybridized carbons (Fsp3) is 0.500. The standard InChI is InChI=1S/C16H21FN2O3/c1-2-16(14(20)21)8-5-9-19(11-16)15(22)18-10-12-6-3-4-7-13(12)17/h3-4,6-7H,2,5,8-11H2,1H3,(H,18,22)(H,20,21). The molecule has 0 spiro atoms. The number of urea groups is 1. The van der Waals surface area contributed by atoms with E-state index in [1.54, 1.807) is 18.2 Å². The normalized spacial score (nSPS) is 21.5. The number of benzene rings is 1. The lowest BCUT2D eigenvalue weighted by Crippen LogP contribution is -2.52. The topological polar surface area (TPSA) is 69.6 Å². The molecule has 0 saturated carbocycles. The third-order valence-electron chi connectivity index (χ3n) is 4.38. The summed E-state index contributed by atoms with van der Waals surface area (Å²) in [5.74, 6) is -1.23. The summed E-state index contributed by atoms with van der Waals surface area (Å²) in [6.07, 6.45) is 1.72. The Hall–Kier alpha value is -2.11. The summed E-state index contributed by atoms with van der Waals surface area (Å²) in [7, 11) is 0. The molecule has 1 fully saturated rings. The molecule has 0 bridgehead atoms. The maximum Gasteiger partial charge on any atom is 0.317 e. The highest BCUT2D eigenvalue weighted by Gasteiger charge is 2.42. The van der Waals surface area contributed by atoms with E-state index in [4.69, 9.17) is 0 Å². The van der Waals surface area contributed by atoms with Crippen molar-refractivity contribution in [2.45, 2.75) is 32.7 Å². The third-order valence-corrected chi connectivity index (χ3v) is 4.38. The molecule has 1 saturated heterocycles. The first-order valence-corrected chi connectivity index (χ1v) is 7.48. The van der Waals surface area contributed by atoms with Crippen LogP contribution in [0.2, 0.25) is 0 Å². The van der Waals surface area contributed by atoms with E-state index in [9.17, 15) is 19.1 Å². The van der Waals surface area contributed by atoms with E-state index in [1.165, 1.54) is 11.0 Å². The molecular weight excluding hydrogens is 287 g/mol. The Bertz CT molecular complexity index is 564. The minimum Gasteiger partial charge on any atom is -0.481 e. The molecule has 1 unspecified atom stereocenters. The Labute approximate surface area is 129 Å². The van der Waals surface area contributed by atoms with Crippen molar-refractivity contribution < 1.29 is 19.1 Å². The molecule has 22 heavy (non-hydrogen) atoms. The first-order valence-electron chi connectivity index (χ1n) is 7.48. The Morgan fingerprint density at radius 3 is 2.77 bits per heavy atom. The number of carbonyl (C=O) groups is 2. The molecule has 120 valence electrons. The van der Waals surface area contributed by atoms with Gasteiger partial charge < -0.3 is 15.3 Å². The number of rotatable bonds is 4. The number of halogens is 1. The summed E-state index contributed by atoms with van der Waals surface area (Å²) in [5, 5.41) is 12.1. The Balaban J connectivity index is 1.98. The van der Waals surface area contributed by atoms with Crippen molar-refractivity contribution in [3.63, 3.8) is 0 Å². The number of hydrogen-bond donors (Lipinski definition) is 2. The van der Waals surface area contributed by atoms with Crippen LogP contribution in [-0.4, -0.2) is 35.1 Å². The van der Waals surface area contributed by atoms with E-state index in [1.807, 2.05) is 6.92 Å². The van der Waals surface area contributed by atoms with Crippen LogP contribution in [0.4, 0.5) is 9.18 Å². The summed E-state index contributed by atoms with van der Waals surface area (Å²) in [5.41, 5.74) is -0.457. The largest absolute Gasteiger partial charge is 0.481 e. The number of hydrogen-bond acceptors (Lipinski definition) is 2. The van der Waals surface area contributed by atoms with Crippen molar-refractivity contribution in [2.24, 2.45) is 5.41 Å². The van der Waals surface area contributed by atoms with Crippen molar-refractivity contribution in [1.29, 1.82) is 0 Å². The zero-order valence-electron chi connectivity index (χ0n) is 12.6. The molecular formula is C16H21FN2O3. The molecule has 0 radical (unpaired) electrons. The molecule has 1 heterocycles. The van der Waals surface area contributed by atoms with E-state index >= 15 is 0 Å². The summed E-state index contributed by atoms with van der Waals surface area (Å²) in [4.78, 5) is 25.2. The quantitative estimate of drug-likeness (QED) is 0.898. The van der Waals surface area contributed by atoms with Crippen molar-refractivity contribution in [3.05, 3.63) is 35.6 Å². The number of piperidine rings is 1. The highest BCUT2D eigenvalue weighted by Crippen LogP contribution is 2.33. The second kappa shape index (κ2) is 6.77. The lowest BCUT2D eigenvalue weighted by molar-refractivity contribution is -0.152. The van der Waals surface area contributed by atoms with Crippen molar-refractivity contribution in [3.8, 4) is 0 Å². The second-order valence-electron chi connectivity index (χ2n) is 5.71. The molecule has 1 aliphatic rings. The molecule has 1 aromatic carbocycles. The summed E-state index contributed by atoms with van der Waals surface area (Å²) >= 11 is 0. The third kappa shape index (κ3) is 3.37. The number of carboxylic acids is 1. The van der Waals surface area contributed by atoms with Gasteiger partial charge in [0.2, 0.25) is 0 Å². The van der Waals surface area contributed by atoms with Crippen LogP contribution >= 0.6 is 0 Å². The Morgan fingerprint density at radius 1 is 1.41 bits per heavy atom. The summed E-state index contributed by atoms with van der Waals surface area (Å²) in [6, 6.07) is 5.90. The first kappa shape index (κ1) is 16.3. The van der Waals surface area contributed by atoms with Crippen molar-refractivity contribution >= 4 is 12.0 Å². The molecule has 2 amide bonds. The zero-order valence-corrected chi connectivity index (χ0v) is 12.6. The van der Waals surface area contributed by atoms with Gasteiger partial charge in [0.05, 0.1) is 5.41 Å². The molecule has 2 N–H and O–H groups in total. The fourth-order valence-corrected chi connectivity index (χ4v) is 2.84. The van der Waals surface area contributed by atoms with Crippen LogP contribution < -0.4 is 5.32 Å². The average molecular weight is 308 g/mol. The summed E-state index contributed by atoms with van der Waals surface area (Å²) in [6.45, 7) is 2.64. The zero-order chi connectivity index (χ0) is 16.2. The Kier molecular flexibility index (Phi) is 5.00. The molecule has 6 heteroatoms. The van der Waals surface area contributed by atoms with Crippen LogP contribution in [0.1, 0.15) is 31.7 Å². The Morgan fingerprint density at radius 2 is 2.14 bits per heavy atom. The second-order valence-corrected chi connectivity index (χ2v) is 5.71. The van der Waals surface area contributed by atoms with Crippen LogP contribution in [0.3, 0.4) is 0 Å². The smallest absolute Gasteiger partial charge is 0.317 e. The van der Waals surface area contributed by atoms with Gasteiger partial charge in [0.1, 0.15) is 5.82 Å². The van der Waals surface area contributed by atoms with Gasteiger partial charge >= 0.3 is 12.0 Å². The van der Waals surface area contributed by atoms with Gasteiger partial charge in [-0.3, -0.25) is 4.79 Å². The van der Waals surface area contributed by atoms with Gasteiger partial charge in [0, 0.05) is 25.2 Å². The van der Waals surface area contributed by atoms with Gasteiger partial charge in [-0.15, -0.1) is 0 Å². The summed E-state index contributed by atoms with van der Waals surface area (Å²) < 4.78 is 13.5. The number of nitrogens with zero attached hydrogens (tertiary/aromatic N) is 1. The highest BCUT2D eigenvalue weighted by molar-refractivity contribution is 5.78. The van der Waals surface area contributed by atoms with E-state index in [2.05, 4.69) is 5.32 Å². The van der Waals surface area contributed by atoms with Gasteiger partial charge in [-0.25, -0.2) is 9.18 Å². The lowest BCUT2D eigenvalue weighted by atomic mass is 9.78. The predicted octanol–water partition coefficient (Wildman–Crippen LogP) is 2.61. The molecule has 1 aromatic rings. The van der Waals surface area contributed by atoms with Crippen molar-refractivity contribution in [1.82, 2.24) is 10.2 Å². The van der Waals surface area contributed by atoms with Crippen LogP contribution in [0, 0.1) is 11.2 Å². The number of nitrogens with one attached hydrogen (secondary N) is 1. The average Bonchev–Trinajstić information content (AvgIpc) is 2.53. The van der Waals surface area contributed by atoms with Crippen molar-refractivity contribution in [2.75, 3.05) is 13.1 Å². The van der Waals surface area contributed by atoms with Crippen LogP contribution in [0.15, 0.2) is 24.3 Å². The number of amides is 2. The minimum absolute atomic E-state index is 0.0915. The molecule has 1 atom stereocenters. The monoisotopic (exact) mass is 308 g/mol. The van der Waals surface area contributed by atoms with E-state index < -0.39 is 11.4 Å². The number of aliphatic carboxylic acids is 1. The van der Waals surface area contributed by atoms with E-state index in [-0.39, 0.29) is 24.9 Å². The van der Waals surface area contributed by atoms with E-state index in [0.29, 0.717) is 31.4 Å². The fourth-order valence-electron chi connectivity index (χ4n) is 2.84. The van der Waals surface area contributed by atoms with Gasteiger partial charge in [-0.1, -0.05) is 25.1 Å². The van der Waals surface area contributed by atoms with Gasteiger partial charge in [-0.05, 0) is 25.3 Å². The molecule has 0 aromatic heterocycles. The number of carboxylic acid groups (broad SMARTS) is 1. The number of likely N-dealkylation sites (tertiary alicyclic amines) is 1. The van der Waals surface area contributed by atoms with E-state index in [0.717, 1.165) is 0 Å². The molecule has 1 aliphatic heterocycles. The predicted molar refractivity (Wildman–Crippen MR) is 79.8 cm³/mol. The van der Waals surface area contributed by atoms with Gasteiger partial charge in [0.25, 0.3) is 0 Å². The van der Waals surface area contributed by atoms with Gasteiger partial charge in [-0.2, -0.15) is 0 Å². The van der Waals surface area contributed by atoms with Crippen LogP contribution in [0.25, 0.3) is 0 Å². The molecule has 0 aliphatic carbocycles. The maximum absolute atomic E-state index is 13.5. The molecule has 2 rings (SSSR count). The SMILES string of the molecule is CCC1(C(=O)O)CCCN(C(=O)NCc2ccccc2F)C1. The van der Waals surface area contributed by atoms with Crippen LogP contribution in [-0.2, 0) is 11.3 Å². The highest BCUT2D eigenvalue weighted by atomic mass is 19.1. The molecule has 5 nitrogen and oxygen atoms in total.